The van der Waals surface area contributed by atoms with Crippen molar-refractivity contribution in [2.75, 3.05) is 25.0 Å². The molecule has 2 fully saturated rings. The third kappa shape index (κ3) is 10.5. The molecule has 10 heteroatoms. The summed E-state index contributed by atoms with van der Waals surface area (Å²) in [5, 5.41) is 6.12. The number of ketones is 1. The second-order valence-electron chi connectivity index (χ2n) is 11.8. The summed E-state index contributed by atoms with van der Waals surface area (Å²) in [5.74, 6) is 0.829. The van der Waals surface area contributed by atoms with Crippen LogP contribution in [0.5, 0.6) is 0 Å². The number of nitrogens with zero attached hydrogens (tertiary/aromatic N) is 1. The molecule has 0 radical (unpaired) electrons. The first-order valence-electron chi connectivity index (χ1n) is 15.2. The van der Waals surface area contributed by atoms with E-state index in [4.69, 9.17) is 4.55 Å². The summed E-state index contributed by atoms with van der Waals surface area (Å²) in [6.45, 7) is 4.69. The van der Waals surface area contributed by atoms with Crippen molar-refractivity contribution in [3.05, 3.63) is 95.8 Å². The van der Waals surface area contributed by atoms with Crippen LogP contribution in [-0.4, -0.2) is 55.4 Å². The minimum absolute atomic E-state index is 0.0179. The smallest absolute Gasteiger partial charge is 0.319 e. The Morgan fingerprint density at radius 3 is 2.34 bits per heavy atom. The van der Waals surface area contributed by atoms with Crippen LogP contribution in [0.25, 0.3) is 0 Å². The Morgan fingerprint density at radius 1 is 0.932 bits per heavy atom. The van der Waals surface area contributed by atoms with E-state index in [1.54, 1.807) is 54.6 Å². The molecule has 3 atom stereocenters. The number of hydrogen-bond acceptors (Lipinski definition) is 5. The van der Waals surface area contributed by atoms with Gasteiger partial charge in [0.25, 0.3) is 10.1 Å². The van der Waals surface area contributed by atoms with E-state index >= 15 is 0 Å². The fourth-order valence-electron chi connectivity index (χ4n) is 6.13. The quantitative estimate of drug-likeness (QED) is 0.193. The number of likely N-dealkylation sites (tertiary alicyclic amines) is 1. The molecule has 44 heavy (non-hydrogen) atoms. The van der Waals surface area contributed by atoms with Crippen molar-refractivity contribution in [3.63, 3.8) is 0 Å². The molecule has 1 saturated heterocycles. The van der Waals surface area contributed by atoms with Gasteiger partial charge in [0, 0.05) is 30.4 Å². The molecule has 8 nitrogen and oxygen atoms in total. The molecule has 3 aromatic carbocycles. The van der Waals surface area contributed by atoms with Gasteiger partial charge < -0.3 is 15.5 Å². The molecule has 0 aromatic heterocycles. The number of anilines is 1. The zero-order chi connectivity index (χ0) is 31.5. The predicted molar refractivity (Wildman–Crippen MR) is 170 cm³/mol. The highest BCUT2D eigenvalue weighted by molar-refractivity contribution is 7.85. The van der Waals surface area contributed by atoms with E-state index in [1.807, 2.05) is 12.1 Å². The normalized spacial score (nSPS) is 20.6. The van der Waals surface area contributed by atoms with E-state index in [0.29, 0.717) is 23.1 Å². The number of Topliss-reactive ketones (excluding diaryl/α,β-unsaturated/α-hetero) is 1. The molecule has 236 valence electrons. The van der Waals surface area contributed by atoms with Crippen molar-refractivity contribution in [1.82, 2.24) is 10.2 Å². The number of urea groups is 1. The van der Waals surface area contributed by atoms with Gasteiger partial charge in [-0.05, 0) is 99.4 Å². The van der Waals surface area contributed by atoms with Gasteiger partial charge in [-0.3, -0.25) is 9.35 Å². The van der Waals surface area contributed by atoms with Crippen LogP contribution in [0.15, 0.2) is 83.8 Å². The molecular formula is C34H42FN3O5S. The molecule has 2 aliphatic rings. The van der Waals surface area contributed by atoms with E-state index in [9.17, 15) is 22.4 Å². The van der Waals surface area contributed by atoms with Crippen molar-refractivity contribution in [3.8, 4) is 0 Å². The monoisotopic (exact) mass is 623 g/mol. The number of amides is 2. The highest BCUT2D eigenvalue weighted by Crippen LogP contribution is 2.28. The molecule has 2 amide bonds. The van der Waals surface area contributed by atoms with Gasteiger partial charge in [0.05, 0.1) is 4.90 Å². The molecule has 3 N–H and O–H groups in total. The van der Waals surface area contributed by atoms with Gasteiger partial charge in [-0.25, -0.2) is 9.18 Å². The summed E-state index contributed by atoms with van der Waals surface area (Å²) in [7, 11) is -4.00. The first-order chi connectivity index (χ1) is 21.1. The Hall–Kier alpha value is -3.60. The molecule has 0 unspecified atom stereocenters. The summed E-state index contributed by atoms with van der Waals surface area (Å²) in [5.41, 5.74) is 2.43. The minimum Gasteiger partial charge on any atom is -0.335 e. The number of carbonyl (C=O) groups is 2. The standard InChI is InChI=1S/C28H36FN3O2.C6H6O3S/c1-20(33)23-8-4-9-26(17-23)30-28(34)31-27-10-3-2-7-24(27)19-32-15-5-6-22(18-32)16-21-11-13-25(29)14-12-21;7-10(8,9)6-4-2-1-3-5-6/h4,8-9,11-14,17,22,24,27H,2-3,5-7,10,15-16,18-19H2,1H3,(H2,30,31,34);1-5H,(H,7,8,9)/t22-,24-,27+;/m0./s1. The van der Waals surface area contributed by atoms with Crippen LogP contribution in [0.1, 0.15) is 61.4 Å². The number of carbonyl (C=O) groups excluding carboxylic acids is 2. The van der Waals surface area contributed by atoms with Crippen molar-refractivity contribution >= 4 is 27.6 Å². The van der Waals surface area contributed by atoms with Gasteiger partial charge in [0.1, 0.15) is 5.82 Å². The van der Waals surface area contributed by atoms with E-state index in [2.05, 4.69) is 15.5 Å². The lowest BCUT2D eigenvalue weighted by Gasteiger charge is -2.39. The van der Waals surface area contributed by atoms with Gasteiger partial charge in [0.15, 0.2) is 5.78 Å². The van der Waals surface area contributed by atoms with Gasteiger partial charge in [0.2, 0.25) is 0 Å². The van der Waals surface area contributed by atoms with E-state index in [0.717, 1.165) is 45.3 Å². The average Bonchev–Trinajstić information content (AvgIpc) is 3.00. The summed E-state index contributed by atoms with van der Waals surface area (Å²) in [6.07, 6.45) is 7.85. The van der Waals surface area contributed by atoms with Crippen LogP contribution in [0.2, 0.25) is 0 Å². The fraction of sp³-hybridized carbons (Fsp3) is 0.412. The van der Waals surface area contributed by atoms with E-state index < -0.39 is 10.1 Å². The van der Waals surface area contributed by atoms with Crippen LogP contribution in [0, 0.1) is 17.7 Å². The van der Waals surface area contributed by atoms with Crippen molar-refractivity contribution < 1.29 is 27.0 Å². The SMILES string of the molecule is CC(=O)c1cccc(NC(=O)N[C@@H]2CCCC[C@H]2CN2CCC[C@@H](Cc3ccc(F)cc3)C2)c1.O=S(=O)(O)c1ccccc1. The minimum atomic E-state index is -4.00. The first kappa shape index (κ1) is 33.3. The van der Waals surface area contributed by atoms with Gasteiger partial charge >= 0.3 is 6.03 Å². The Labute approximate surface area is 259 Å². The predicted octanol–water partition coefficient (Wildman–Crippen LogP) is 6.60. The third-order valence-corrected chi connectivity index (χ3v) is 9.19. The van der Waals surface area contributed by atoms with Gasteiger partial charge in [-0.1, -0.05) is 55.3 Å². The van der Waals surface area contributed by atoms with Gasteiger partial charge in [-0.2, -0.15) is 8.42 Å². The Morgan fingerprint density at radius 2 is 1.66 bits per heavy atom. The lowest BCUT2D eigenvalue weighted by atomic mass is 9.83. The highest BCUT2D eigenvalue weighted by atomic mass is 32.2. The van der Waals surface area contributed by atoms with E-state index in [-0.39, 0.29) is 28.6 Å². The summed E-state index contributed by atoms with van der Waals surface area (Å²) < 4.78 is 42.5. The Kier molecular flexibility index (Phi) is 12.1. The number of rotatable bonds is 8. The van der Waals surface area contributed by atoms with Gasteiger partial charge in [-0.15, -0.1) is 0 Å². The molecule has 1 heterocycles. The second kappa shape index (κ2) is 15.9. The van der Waals surface area contributed by atoms with E-state index in [1.165, 1.54) is 43.9 Å². The molecule has 0 spiro atoms. The third-order valence-electron chi connectivity index (χ3n) is 8.33. The summed E-state index contributed by atoms with van der Waals surface area (Å²) in [6, 6.07) is 21.3. The molecule has 1 saturated carbocycles. The van der Waals surface area contributed by atoms with Crippen LogP contribution >= 0.6 is 0 Å². The highest BCUT2D eigenvalue weighted by Gasteiger charge is 2.30. The van der Waals surface area contributed by atoms with Crippen molar-refractivity contribution in [1.29, 1.82) is 0 Å². The summed E-state index contributed by atoms with van der Waals surface area (Å²) >= 11 is 0. The van der Waals surface area contributed by atoms with Crippen molar-refractivity contribution in [2.24, 2.45) is 11.8 Å². The molecule has 1 aliphatic heterocycles. The Bertz CT molecular complexity index is 1480. The van der Waals surface area contributed by atoms with Crippen LogP contribution in [0.4, 0.5) is 14.9 Å². The number of nitrogens with one attached hydrogen (secondary N) is 2. The summed E-state index contributed by atoms with van der Waals surface area (Å²) in [4.78, 5) is 26.8. The lowest BCUT2D eigenvalue weighted by Crippen LogP contribution is -2.49. The molecule has 3 aromatic rings. The topological polar surface area (TPSA) is 116 Å². The zero-order valence-corrected chi connectivity index (χ0v) is 25.9. The maximum Gasteiger partial charge on any atom is 0.319 e. The number of hydrogen-bond donors (Lipinski definition) is 3. The van der Waals surface area contributed by atoms with Crippen molar-refractivity contribution in [2.45, 2.75) is 62.8 Å². The second-order valence-corrected chi connectivity index (χ2v) is 13.2. The zero-order valence-electron chi connectivity index (χ0n) is 25.1. The maximum atomic E-state index is 13.2. The lowest BCUT2D eigenvalue weighted by molar-refractivity contribution is 0.101. The number of piperidine rings is 1. The number of benzene rings is 3. The maximum absolute atomic E-state index is 13.2. The number of halogens is 1. The Balaban J connectivity index is 0.000000375. The first-order valence-corrected chi connectivity index (χ1v) is 16.7. The molecule has 1 aliphatic carbocycles. The molecular weight excluding hydrogens is 581 g/mol. The average molecular weight is 624 g/mol. The van der Waals surface area contributed by atoms with Crippen LogP contribution in [-0.2, 0) is 16.5 Å². The fourth-order valence-corrected chi connectivity index (χ4v) is 6.63. The van der Waals surface area contributed by atoms with Crippen LogP contribution in [0.3, 0.4) is 0 Å². The molecule has 5 rings (SSSR count). The largest absolute Gasteiger partial charge is 0.335 e. The molecule has 0 bridgehead atoms. The van der Waals surface area contributed by atoms with Crippen LogP contribution < -0.4 is 10.6 Å².